The molecule has 0 unspecified atom stereocenters. The first-order valence-corrected chi connectivity index (χ1v) is 3.98. The van der Waals surface area contributed by atoms with Crippen molar-refractivity contribution in [2.24, 2.45) is 0 Å². The van der Waals surface area contributed by atoms with Gasteiger partial charge in [-0.25, -0.2) is 0 Å². The second-order valence-corrected chi connectivity index (χ2v) is 3.40. The molecule has 0 bridgehead atoms. The SMILES string of the molecule is Cc1sc2c(c1C=O)OCO2. The summed E-state index contributed by atoms with van der Waals surface area (Å²) >= 11 is 1.45. The van der Waals surface area contributed by atoms with Crippen LogP contribution in [0.15, 0.2) is 0 Å². The van der Waals surface area contributed by atoms with Gasteiger partial charge in [0.05, 0.1) is 5.56 Å². The van der Waals surface area contributed by atoms with Crippen molar-refractivity contribution in [1.82, 2.24) is 0 Å². The molecule has 0 saturated carbocycles. The van der Waals surface area contributed by atoms with Gasteiger partial charge < -0.3 is 9.47 Å². The second kappa shape index (κ2) is 2.23. The molecule has 0 fully saturated rings. The molecular weight excluding hydrogens is 164 g/mol. The van der Waals surface area contributed by atoms with Gasteiger partial charge in [-0.15, -0.1) is 0 Å². The first kappa shape index (κ1) is 6.67. The van der Waals surface area contributed by atoms with E-state index in [2.05, 4.69) is 0 Å². The van der Waals surface area contributed by atoms with Crippen molar-refractivity contribution in [2.75, 3.05) is 6.79 Å². The summed E-state index contributed by atoms with van der Waals surface area (Å²) in [6, 6.07) is 0. The fourth-order valence-electron chi connectivity index (χ4n) is 1.02. The third-order valence-corrected chi connectivity index (χ3v) is 2.58. The summed E-state index contributed by atoms with van der Waals surface area (Å²) in [5.41, 5.74) is 0.627. The minimum atomic E-state index is 0.238. The van der Waals surface area contributed by atoms with Crippen LogP contribution in [0.1, 0.15) is 15.2 Å². The maximum Gasteiger partial charge on any atom is 0.232 e. The molecule has 4 heteroatoms. The van der Waals surface area contributed by atoms with Crippen molar-refractivity contribution in [3.8, 4) is 10.8 Å². The summed E-state index contributed by atoms with van der Waals surface area (Å²) in [5.74, 6) is 0.613. The monoisotopic (exact) mass is 170 g/mol. The number of hydrogen-bond acceptors (Lipinski definition) is 4. The first-order chi connectivity index (χ1) is 5.33. The first-order valence-electron chi connectivity index (χ1n) is 3.17. The summed E-state index contributed by atoms with van der Waals surface area (Å²) in [4.78, 5) is 11.5. The fraction of sp³-hybridized carbons (Fsp3) is 0.286. The zero-order chi connectivity index (χ0) is 7.84. The summed E-state index contributed by atoms with van der Waals surface area (Å²) in [6.07, 6.45) is 0.805. The largest absolute Gasteiger partial charge is 0.452 e. The molecule has 1 aliphatic heterocycles. The Balaban J connectivity index is 2.60. The van der Waals surface area contributed by atoms with Crippen LogP contribution in [0.5, 0.6) is 10.8 Å². The molecule has 0 radical (unpaired) electrons. The highest BCUT2D eigenvalue weighted by Gasteiger charge is 2.22. The van der Waals surface area contributed by atoms with Crippen molar-refractivity contribution >= 4 is 17.6 Å². The molecule has 0 saturated heterocycles. The molecule has 0 amide bonds. The van der Waals surface area contributed by atoms with Crippen molar-refractivity contribution < 1.29 is 14.3 Å². The number of carbonyl (C=O) groups is 1. The molecule has 1 aromatic rings. The topological polar surface area (TPSA) is 35.5 Å². The molecule has 11 heavy (non-hydrogen) atoms. The van der Waals surface area contributed by atoms with Crippen LogP contribution in [-0.4, -0.2) is 13.1 Å². The fourth-order valence-corrected chi connectivity index (χ4v) is 1.92. The minimum Gasteiger partial charge on any atom is -0.452 e. The highest BCUT2D eigenvalue weighted by Crippen LogP contribution is 2.43. The van der Waals surface area contributed by atoms with E-state index in [1.165, 1.54) is 11.3 Å². The summed E-state index contributed by atoms with van der Waals surface area (Å²) in [7, 11) is 0. The number of aryl methyl sites for hydroxylation is 1. The third-order valence-electron chi connectivity index (χ3n) is 1.57. The summed E-state index contributed by atoms with van der Waals surface area (Å²) in [5, 5.41) is 0.726. The molecule has 0 N–H and O–H groups in total. The lowest BCUT2D eigenvalue weighted by Gasteiger charge is -1.92. The predicted molar refractivity (Wildman–Crippen MR) is 40.6 cm³/mol. The highest BCUT2D eigenvalue weighted by atomic mass is 32.1. The van der Waals surface area contributed by atoms with Crippen LogP contribution in [0.25, 0.3) is 0 Å². The third kappa shape index (κ3) is 0.826. The molecule has 2 rings (SSSR count). The minimum absolute atomic E-state index is 0.238. The number of aldehydes is 1. The van der Waals surface area contributed by atoms with Gasteiger partial charge in [0.25, 0.3) is 0 Å². The molecule has 58 valence electrons. The Morgan fingerprint density at radius 2 is 2.36 bits per heavy atom. The van der Waals surface area contributed by atoms with Gasteiger partial charge in [0.15, 0.2) is 12.0 Å². The van der Waals surface area contributed by atoms with Crippen molar-refractivity contribution in [3.05, 3.63) is 10.4 Å². The Morgan fingerprint density at radius 3 is 3.09 bits per heavy atom. The van der Waals surface area contributed by atoms with Gasteiger partial charge in [-0.1, -0.05) is 11.3 Å². The number of thiophene rings is 1. The molecule has 0 aromatic carbocycles. The van der Waals surface area contributed by atoms with Crippen LogP contribution in [0.2, 0.25) is 0 Å². The number of ether oxygens (including phenoxy) is 2. The number of carbonyl (C=O) groups excluding carboxylic acids is 1. The quantitative estimate of drug-likeness (QED) is 0.600. The molecule has 1 aromatic heterocycles. The molecule has 0 atom stereocenters. The van der Waals surface area contributed by atoms with E-state index in [-0.39, 0.29) is 6.79 Å². The van der Waals surface area contributed by atoms with E-state index in [1.807, 2.05) is 6.92 Å². The van der Waals surface area contributed by atoms with Gasteiger partial charge in [-0.05, 0) is 6.92 Å². The lowest BCUT2D eigenvalue weighted by molar-refractivity contribution is 0.111. The van der Waals surface area contributed by atoms with Crippen LogP contribution in [0.3, 0.4) is 0 Å². The van der Waals surface area contributed by atoms with Gasteiger partial charge in [0.2, 0.25) is 11.9 Å². The Bertz CT molecular complexity index is 303. The van der Waals surface area contributed by atoms with Crippen molar-refractivity contribution in [2.45, 2.75) is 6.92 Å². The molecule has 1 aliphatic rings. The number of rotatable bonds is 1. The van der Waals surface area contributed by atoms with Gasteiger partial charge >= 0.3 is 0 Å². The smallest absolute Gasteiger partial charge is 0.232 e. The molecule has 2 heterocycles. The van der Waals surface area contributed by atoms with Crippen LogP contribution in [-0.2, 0) is 0 Å². The van der Waals surface area contributed by atoms with E-state index in [0.717, 1.165) is 16.2 Å². The average Bonchev–Trinajstić information content (AvgIpc) is 2.46. The van der Waals surface area contributed by atoms with E-state index in [4.69, 9.17) is 9.47 Å². The molecule has 0 aliphatic carbocycles. The zero-order valence-electron chi connectivity index (χ0n) is 5.92. The Morgan fingerprint density at radius 1 is 1.55 bits per heavy atom. The maximum absolute atomic E-state index is 10.5. The van der Waals surface area contributed by atoms with E-state index < -0.39 is 0 Å². The highest BCUT2D eigenvalue weighted by molar-refractivity contribution is 7.14. The number of fused-ring (bicyclic) bond motifs is 1. The van der Waals surface area contributed by atoms with Gasteiger partial charge in [-0.2, -0.15) is 0 Å². The average molecular weight is 170 g/mol. The van der Waals surface area contributed by atoms with E-state index in [9.17, 15) is 4.79 Å². The Kier molecular flexibility index (Phi) is 1.35. The van der Waals surface area contributed by atoms with E-state index in [0.29, 0.717) is 11.3 Å². The molecule has 0 spiro atoms. The van der Waals surface area contributed by atoms with Crippen LogP contribution in [0.4, 0.5) is 0 Å². The summed E-state index contributed by atoms with van der Waals surface area (Å²) in [6.45, 7) is 2.11. The zero-order valence-corrected chi connectivity index (χ0v) is 6.73. The van der Waals surface area contributed by atoms with Crippen molar-refractivity contribution in [1.29, 1.82) is 0 Å². The normalized spacial score (nSPS) is 13.5. The second-order valence-electron chi connectivity index (χ2n) is 2.21. The lowest BCUT2D eigenvalue weighted by Crippen LogP contribution is -1.95. The number of hydrogen-bond donors (Lipinski definition) is 0. The van der Waals surface area contributed by atoms with E-state index >= 15 is 0 Å². The van der Waals surface area contributed by atoms with Crippen molar-refractivity contribution in [3.63, 3.8) is 0 Å². The van der Waals surface area contributed by atoms with Gasteiger partial charge in [0, 0.05) is 4.88 Å². The predicted octanol–water partition coefficient (Wildman–Crippen LogP) is 1.60. The van der Waals surface area contributed by atoms with E-state index in [1.54, 1.807) is 0 Å². The van der Waals surface area contributed by atoms with Crippen LogP contribution in [0, 0.1) is 6.92 Å². The molecule has 3 nitrogen and oxygen atoms in total. The summed E-state index contributed by atoms with van der Waals surface area (Å²) < 4.78 is 10.2. The lowest BCUT2D eigenvalue weighted by atomic mass is 10.3. The van der Waals surface area contributed by atoms with Gasteiger partial charge in [-0.3, -0.25) is 4.79 Å². The Labute approximate surface area is 67.5 Å². The standard InChI is InChI=1S/C7H6O3S/c1-4-5(2-8)6-7(11-4)10-3-9-6/h2H,3H2,1H3. The maximum atomic E-state index is 10.5. The van der Waals surface area contributed by atoms with Crippen LogP contribution >= 0.6 is 11.3 Å². The van der Waals surface area contributed by atoms with Gasteiger partial charge in [0.1, 0.15) is 0 Å². The van der Waals surface area contributed by atoms with Crippen LogP contribution < -0.4 is 9.47 Å². The Hall–Kier alpha value is -1.03. The molecular formula is C7H6O3S.